The van der Waals surface area contributed by atoms with Crippen molar-refractivity contribution < 1.29 is 0 Å². The van der Waals surface area contributed by atoms with Crippen LogP contribution in [0.3, 0.4) is 0 Å². The summed E-state index contributed by atoms with van der Waals surface area (Å²) in [7, 11) is 0. The molecule has 1 aromatic rings. The highest BCUT2D eigenvalue weighted by atomic mass is 35.5. The Morgan fingerprint density at radius 1 is 1.24 bits per heavy atom. The van der Waals surface area contributed by atoms with E-state index in [1.54, 1.807) is 0 Å². The summed E-state index contributed by atoms with van der Waals surface area (Å²) in [5.41, 5.74) is 0. The smallest absolute Gasteiger partial charge is 0.0887 e. The first-order chi connectivity index (χ1) is 7.24. The molecule has 2 rings (SSSR count). The Balaban J connectivity index is 0.00000128. The minimum atomic E-state index is 0. The fraction of sp³-hybridized carbons (Fsp3) is 0.667. The molecule has 0 unspecified atom stereocenters. The highest BCUT2D eigenvalue weighted by Gasteiger charge is 2.12. The van der Waals surface area contributed by atoms with Crippen LogP contribution in [0.4, 0.5) is 5.00 Å². The first-order valence-electron chi connectivity index (χ1n) is 5.81. The van der Waals surface area contributed by atoms with E-state index in [1.807, 2.05) is 11.3 Å². The molecule has 1 aromatic heterocycles. The first kappa shape index (κ1) is 17.0. The van der Waals surface area contributed by atoms with Crippen LogP contribution in [0.2, 0.25) is 0 Å². The second-order valence-corrected chi connectivity index (χ2v) is 5.72. The summed E-state index contributed by atoms with van der Waals surface area (Å²) in [6.07, 6.45) is 2.75. The van der Waals surface area contributed by atoms with Gasteiger partial charge in [0.2, 0.25) is 0 Å². The third kappa shape index (κ3) is 5.47. The van der Waals surface area contributed by atoms with Crippen LogP contribution in [0.25, 0.3) is 0 Å². The zero-order valence-corrected chi connectivity index (χ0v) is 12.9. The number of nitrogens with one attached hydrogen (secondary N) is 1. The summed E-state index contributed by atoms with van der Waals surface area (Å²) in [6, 6.07) is 4.99. The highest BCUT2D eigenvalue weighted by molar-refractivity contribution is 7.16. The van der Waals surface area contributed by atoms with E-state index >= 15 is 0 Å². The Morgan fingerprint density at radius 3 is 2.47 bits per heavy atom. The van der Waals surface area contributed by atoms with Gasteiger partial charge < -0.3 is 5.32 Å². The van der Waals surface area contributed by atoms with Crippen LogP contribution in [0.5, 0.6) is 0 Å². The molecule has 1 fully saturated rings. The van der Waals surface area contributed by atoms with Gasteiger partial charge in [-0.25, -0.2) is 0 Å². The summed E-state index contributed by atoms with van der Waals surface area (Å²) in [6.45, 7) is 8.07. The zero-order valence-electron chi connectivity index (χ0n) is 10.4. The molecule has 1 N–H and O–H groups in total. The summed E-state index contributed by atoms with van der Waals surface area (Å²) in [5, 5.41) is 4.75. The van der Waals surface area contributed by atoms with Gasteiger partial charge in [0.05, 0.1) is 5.00 Å². The Kier molecular flexibility index (Phi) is 8.22. The summed E-state index contributed by atoms with van der Waals surface area (Å²) >= 11 is 1.90. The van der Waals surface area contributed by atoms with Crippen LogP contribution in [0.1, 0.15) is 31.6 Å². The Hall–Kier alpha value is 0.0400. The number of nitrogens with zero attached hydrogens (tertiary/aromatic N) is 1. The van der Waals surface area contributed by atoms with Crippen LogP contribution in [-0.2, 0) is 6.54 Å². The molecule has 0 amide bonds. The van der Waals surface area contributed by atoms with Crippen molar-refractivity contribution in [1.82, 2.24) is 4.90 Å². The van der Waals surface area contributed by atoms with E-state index in [1.165, 1.54) is 35.8 Å². The lowest BCUT2D eigenvalue weighted by Gasteiger charge is -2.12. The Morgan fingerprint density at radius 2 is 1.88 bits per heavy atom. The quantitative estimate of drug-likeness (QED) is 0.903. The maximum absolute atomic E-state index is 3.45. The number of thiophene rings is 1. The summed E-state index contributed by atoms with van der Waals surface area (Å²) in [5.74, 6) is 0. The Labute approximate surface area is 121 Å². The van der Waals surface area contributed by atoms with Crippen molar-refractivity contribution in [3.05, 3.63) is 17.0 Å². The van der Waals surface area contributed by atoms with E-state index in [9.17, 15) is 0 Å². The zero-order chi connectivity index (χ0) is 10.7. The van der Waals surface area contributed by atoms with Crippen molar-refractivity contribution in [2.45, 2.75) is 39.3 Å². The number of halogens is 2. The molecule has 0 saturated carbocycles. The predicted octanol–water partition coefficient (Wildman–Crippen LogP) is 4.01. The summed E-state index contributed by atoms with van der Waals surface area (Å²) < 4.78 is 0. The molecule has 0 aliphatic carbocycles. The molecule has 0 aromatic carbocycles. The fourth-order valence-corrected chi connectivity index (χ4v) is 3.08. The molecule has 1 saturated heterocycles. The van der Waals surface area contributed by atoms with E-state index < -0.39 is 0 Å². The topological polar surface area (TPSA) is 15.3 Å². The second-order valence-electron chi connectivity index (χ2n) is 4.55. The van der Waals surface area contributed by atoms with Crippen LogP contribution in [-0.4, -0.2) is 24.0 Å². The fourth-order valence-electron chi connectivity index (χ4n) is 1.99. The second kappa shape index (κ2) is 8.20. The predicted molar refractivity (Wildman–Crippen MR) is 82.1 cm³/mol. The van der Waals surface area contributed by atoms with E-state index in [0.717, 1.165) is 6.54 Å². The average molecular weight is 297 g/mol. The van der Waals surface area contributed by atoms with Gasteiger partial charge in [-0.05, 0) is 51.9 Å². The van der Waals surface area contributed by atoms with Crippen molar-refractivity contribution in [1.29, 1.82) is 0 Å². The lowest BCUT2D eigenvalue weighted by atomic mass is 10.4. The molecule has 1 aliphatic heterocycles. The lowest BCUT2D eigenvalue weighted by molar-refractivity contribution is 0.334. The maximum Gasteiger partial charge on any atom is 0.0887 e. The van der Waals surface area contributed by atoms with Crippen molar-refractivity contribution in [2.24, 2.45) is 0 Å². The molecule has 0 spiro atoms. The SMILES string of the molecule is CC(C)Nc1ccc(CN2CCCC2)s1.Cl.Cl. The van der Waals surface area contributed by atoms with Crippen molar-refractivity contribution in [3.63, 3.8) is 0 Å². The average Bonchev–Trinajstić information content (AvgIpc) is 2.77. The van der Waals surface area contributed by atoms with Gasteiger partial charge >= 0.3 is 0 Å². The summed E-state index contributed by atoms with van der Waals surface area (Å²) in [4.78, 5) is 4.03. The van der Waals surface area contributed by atoms with Crippen molar-refractivity contribution >= 4 is 41.2 Å². The normalized spacial score (nSPS) is 15.5. The van der Waals surface area contributed by atoms with E-state index in [0.29, 0.717) is 6.04 Å². The van der Waals surface area contributed by atoms with E-state index in [4.69, 9.17) is 0 Å². The minimum absolute atomic E-state index is 0. The van der Waals surface area contributed by atoms with Crippen molar-refractivity contribution in [2.75, 3.05) is 18.4 Å². The molecule has 0 atom stereocenters. The molecule has 100 valence electrons. The van der Waals surface area contributed by atoms with Crippen LogP contribution in [0, 0.1) is 0 Å². The van der Waals surface area contributed by atoms with Gasteiger partial charge in [0.25, 0.3) is 0 Å². The van der Waals surface area contributed by atoms with Gasteiger partial charge in [-0.15, -0.1) is 36.2 Å². The number of hydrogen-bond donors (Lipinski definition) is 1. The van der Waals surface area contributed by atoms with Crippen LogP contribution >= 0.6 is 36.2 Å². The van der Waals surface area contributed by atoms with Gasteiger partial charge in [0.15, 0.2) is 0 Å². The van der Waals surface area contributed by atoms with Crippen molar-refractivity contribution in [3.8, 4) is 0 Å². The molecule has 0 radical (unpaired) electrons. The lowest BCUT2D eigenvalue weighted by Crippen LogP contribution is -2.17. The molecular formula is C12H22Cl2N2S. The number of rotatable bonds is 4. The monoisotopic (exact) mass is 296 g/mol. The van der Waals surface area contributed by atoms with Crippen LogP contribution in [0.15, 0.2) is 12.1 Å². The Bertz CT molecular complexity index is 309. The standard InChI is InChI=1S/C12H20N2S.2ClH/c1-10(2)13-12-6-5-11(15-12)9-14-7-3-4-8-14;;/h5-6,10,13H,3-4,7-9H2,1-2H3;2*1H. The molecule has 2 nitrogen and oxygen atoms in total. The number of hydrogen-bond acceptors (Lipinski definition) is 3. The molecule has 17 heavy (non-hydrogen) atoms. The van der Waals surface area contributed by atoms with Gasteiger partial charge in [-0.2, -0.15) is 0 Å². The molecule has 1 aliphatic rings. The molecule has 5 heteroatoms. The molecule has 2 heterocycles. The minimum Gasteiger partial charge on any atom is -0.375 e. The highest BCUT2D eigenvalue weighted by Crippen LogP contribution is 2.24. The molecular weight excluding hydrogens is 275 g/mol. The molecule has 0 bridgehead atoms. The third-order valence-corrected chi connectivity index (χ3v) is 3.67. The third-order valence-electron chi connectivity index (χ3n) is 2.67. The van der Waals surface area contributed by atoms with E-state index in [-0.39, 0.29) is 24.8 Å². The number of likely N-dealkylation sites (tertiary alicyclic amines) is 1. The van der Waals surface area contributed by atoms with Crippen LogP contribution < -0.4 is 5.32 Å². The van der Waals surface area contributed by atoms with E-state index in [2.05, 4.69) is 36.2 Å². The van der Waals surface area contributed by atoms with Gasteiger partial charge in [0, 0.05) is 17.5 Å². The largest absolute Gasteiger partial charge is 0.375 e. The van der Waals surface area contributed by atoms with Gasteiger partial charge in [-0.1, -0.05) is 0 Å². The number of anilines is 1. The first-order valence-corrected chi connectivity index (χ1v) is 6.63. The maximum atomic E-state index is 3.45. The van der Waals surface area contributed by atoms with Gasteiger partial charge in [0.1, 0.15) is 0 Å². The van der Waals surface area contributed by atoms with Gasteiger partial charge in [-0.3, -0.25) is 4.90 Å².